The largest absolute Gasteiger partial charge is 0.476 e. The summed E-state index contributed by atoms with van der Waals surface area (Å²) in [5, 5.41) is 9.24. The van der Waals surface area contributed by atoms with E-state index in [0.29, 0.717) is 12.0 Å². The molecule has 1 aliphatic heterocycles. The van der Waals surface area contributed by atoms with Crippen molar-refractivity contribution >= 4 is 15.8 Å². The third kappa shape index (κ3) is 2.69. The second-order valence-corrected chi connectivity index (χ2v) is 7.23. The first-order chi connectivity index (χ1) is 9.96. The molecule has 2 aromatic rings. The van der Waals surface area contributed by atoms with E-state index in [1.165, 1.54) is 0 Å². The van der Waals surface area contributed by atoms with Crippen LogP contribution in [0.2, 0.25) is 0 Å². The first kappa shape index (κ1) is 13.8. The van der Waals surface area contributed by atoms with Crippen LogP contribution in [0, 0.1) is 0 Å². The molecule has 0 spiro atoms. The number of aromatic nitrogens is 1. The van der Waals surface area contributed by atoms with Crippen molar-refractivity contribution in [2.24, 2.45) is 0 Å². The summed E-state index contributed by atoms with van der Waals surface area (Å²) >= 11 is 0. The third-order valence-corrected chi connectivity index (χ3v) is 5.25. The molecule has 6 nitrogen and oxygen atoms in total. The van der Waals surface area contributed by atoms with Gasteiger partial charge in [-0.1, -0.05) is 18.2 Å². The van der Waals surface area contributed by atoms with E-state index in [1.807, 2.05) is 6.07 Å². The van der Waals surface area contributed by atoms with Gasteiger partial charge >= 0.3 is 5.97 Å². The minimum Gasteiger partial charge on any atom is -0.476 e. The zero-order chi connectivity index (χ0) is 15.0. The molecule has 1 N–H and O–H groups in total. The normalized spacial score (nSPS) is 20.5. The van der Waals surface area contributed by atoms with Gasteiger partial charge in [0.2, 0.25) is 5.89 Å². The molecular weight excluding hydrogens is 294 g/mol. The Labute approximate surface area is 121 Å². The van der Waals surface area contributed by atoms with Gasteiger partial charge in [0.15, 0.2) is 15.5 Å². The Balaban J connectivity index is 2.04. The van der Waals surface area contributed by atoms with E-state index in [1.54, 1.807) is 24.3 Å². The second kappa shape index (κ2) is 5.00. The summed E-state index contributed by atoms with van der Waals surface area (Å²) in [6.07, 6.45) is 0.367. The lowest BCUT2D eigenvalue weighted by molar-refractivity contribution is 0.0688. The van der Waals surface area contributed by atoms with Crippen molar-refractivity contribution in [3.63, 3.8) is 0 Å². The average molecular weight is 307 g/mol. The highest BCUT2D eigenvalue weighted by Crippen LogP contribution is 2.34. The molecule has 0 aliphatic carbocycles. The summed E-state index contributed by atoms with van der Waals surface area (Å²) < 4.78 is 28.7. The lowest BCUT2D eigenvalue weighted by atomic mass is 10.0. The molecule has 1 atom stereocenters. The molecule has 1 aliphatic rings. The zero-order valence-electron chi connectivity index (χ0n) is 11.0. The highest BCUT2D eigenvalue weighted by Gasteiger charge is 2.35. The van der Waals surface area contributed by atoms with Gasteiger partial charge in [-0.2, -0.15) is 0 Å². The van der Waals surface area contributed by atoms with Crippen LogP contribution in [0.1, 0.15) is 28.6 Å². The van der Waals surface area contributed by atoms with E-state index in [-0.39, 0.29) is 28.9 Å². The van der Waals surface area contributed by atoms with Gasteiger partial charge < -0.3 is 9.52 Å². The van der Waals surface area contributed by atoms with Gasteiger partial charge in [-0.05, 0) is 18.6 Å². The molecule has 21 heavy (non-hydrogen) atoms. The Bertz CT molecular complexity index is 779. The molecule has 0 amide bonds. The van der Waals surface area contributed by atoms with Crippen LogP contribution in [0.15, 0.2) is 34.7 Å². The number of aromatic carboxylic acids is 1. The fraction of sp³-hybridized carbons (Fsp3) is 0.286. The fourth-order valence-corrected chi connectivity index (χ4v) is 4.21. The molecule has 1 saturated heterocycles. The van der Waals surface area contributed by atoms with Crippen LogP contribution >= 0.6 is 0 Å². The van der Waals surface area contributed by atoms with E-state index in [0.717, 1.165) is 0 Å². The maximum Gasteiger partial charge on any atom is 0.358 e. The third-order valence-electron chi connectivity index (χ3n) is 3.48. The van der Waals surface area contributed by atoms with Crippen LogP contribution in [0.25, 0.3) is 11.5 Å². The van der Waals surface area contributed by atoms with Gasteiger partial charge in [-0.3, -0.25) is 0 Å². The summed E-state index contributed by atoms with van der Waals surface area (Å²) in [5.41, 5.74) is 0.461. The standard InChI is InChI=1S/C14H13NO5S/c16-14(17)11-12(10-6-7-21(18,19)8-10)20-13(15-11)9-4-2-1-3-5-9/h1-5,10H,6-8H2,(H,16,17). The topological polar surface area (TPSA) is 97.5 Å². The fourth-order valence-electron chi connectivity index (χ4n) is 2.47. The monoisotopic (exact) mass is 307 g/mol. The van der Waals surface area contributed by atoms with Gasteiger partial charge in [0.1, 0.15) is 5.76 Å². The smallest absolute Gasteiger partial charge is 0.358 e. The summed E-state index contributed by atoms with van der Waals surface area (Å²) in [4.78, 5) is 15.3. The Hall–Kier alpha value is -2.15. The summed E-state index contributed by atoms with van der Waals surface area (Å²) in [5.74, 6) is -1.32. The second-order valence-electron chi connectivity index (χ2n) is 5.00. The van der Waals surface area contributed by atoms with Gasteiger partial charge in [-0.15, -0.1) is 0 Å². The van der Waals surface area contributed by atoms with Gasteiger partial charge in [-0.25, -0.2) is 18.2 Å². The molecule has 1 fully saturated rings. The molecule has 1 aromatic carbocycles. The van der Waals surface area contributed by atoms with Crippen molar-refractivity contribution in [1.82, 2.24) is 4.98 Å². The average Bonchev–Trinajstić information content (AvgIpc) is 3.03. The minimum atomic E-state index is -3.12. The molecule has 110 valence electrons. The van der Waals surface area contributed by atoms with Gasteiger partial charge in [0, 0.05) is 11.5 Å². The lowest BCUT2D eigenvalue weighted by Crippen LogP contribution is -2.08. The van der Waals surface area contributed by atoms with Crippen molar-refractivity contribution in [2.45, 2.75) is 12.3 Å². The van der Waals surface area contributed by atoms with Crippen LogP contribution in [0.3, 0.4) is 0 Å². The number of hydrogen-bond acceptors (Lipinski definition) is 5. The Morgan fingerprint density at radius 1 is 1.29 bits per heavy atom. The van der Waals surface area contributed by atoms with Crippen LogP contribution in [-0.4, -0.2) is 36.0 Å². The molecule has 7 heteroatoms. The highest BCUT2D eigenvalue weighted by atomic mass is 32.2. The predicted molar refractivity (Wildman–Crippen MR) is 74.9 cm³/mol. The quantitative estimate of drug-likeness (QED) is 0.930. The van der Waals surface area contributed by atoms with Crippen molar-refractivity contribution in [3.05, 3.63) is 41.8 Å². The number of benzene rings is 1. The van der Waals surface area contributed by atoms with Gasteiger partial charge in [0.25, 0.3) is 0 Å². The van der Waals surface area contributed by atoms with E-state index >= 15 is 0 Å². The number of nitrogens with zero attached hydrogens (tertiary/aromatic N) is 1. The first-order valence-electron chi connectivity index (χ1n) is 6.46. The van der Waals surface area contributed by atoms with E-state index in [9.17, 15) is 18.3 Å². The van der Waals surface area contributed by atoms with Gasteiger partial charge in [0.05, 0.1) is 11.5 Å². The molecule has 2 heterocycles. The molecule has 0 bridgehead atoms. The highest BCUT2D eigenvalue weighted by molar-refractivity contribution is 7.91. The van der Waals surface area contributed by atoms with Crippen LogP contribution in [0.4, 0.5) is 0 Å². The molecule has 3 rings (SSSR count). The summed E-state index contributed by atoms with van der Waals surface area (Å²) in [6, 6.07) is 8.92. The molecule has 0 saturated carbocycles. The minimum absolute atomic E-state index is 0.0537. The van der Waals surface area contributed by atoms with Crippen molar-refractivity contribution < 1.29 is 22.7 Å². The van der Waals surface area contributed by atoms with E-state index < -0.39 is 21.7 Å². The number of carbonyl (C=O) groups is 1. The Kier molecular flexibility index (Phi) is 3.29. The van der Waals surface area contributed by atoms with Crippen molar-refractivity contribution in [2.75, 3.05) is 11.5 Å². The maximum absolute atomic E-state index is 11.6. The van der Waals surface area contributed by atoms with Crippen LogP contribution in [0.5, 0.6) is 0 Å². The number of oxazole rings is 1. The van der Waals surface area contributed by atoms with Crippen molar-refractivity contribution in [1.29, 1.82) is 0 Å². The molecule has 1 aromatic heterocycles. The number of hydrogen-bond donors (Lipinski definition) is 1. The van der Waals surface area contributed by atoms with E-state index in [4.69, 9.17) is 4.42 Å². The number of rotatable bonds is 3. The summed E-state index contributed by atoms with van der Waals surface area (Å²) in [7, 11) is -3.12. The number of carboxylic acid groups (broad SMARTS) is 1. The number of sulfone groups is 1. The Morgan fingerprint density at radius 3 is 2.57 bits per heavy atom. The van der Waals surface area contributed by atoms with Crippen LogP contribution < -0.4 is 0 Å². The zero-order valence-corrected chi connectivity index (χ0v) is 11.8. The molecular formula is C14H13NO5S. The van der Waals surface area contributed by atoms with Crippen LogP contribution in [-0.2, 0) is 9.84 Å². The molecule has 1 unspecified atom stereocenters. The lowest BCUT2D eigenvalue weighted by Gasteiger charge is -2.03. The maximum atomic E-state index is 11.6. The van der Waals surface area contributed by atoms with Crippen molar-refractivity contribution in [3.8, 4) is 11.5 Å². The Morgan fingerprint density at radius 2 is 2.00 bits per heavy atom. The first-order valence-corrected chi connectivity index (χ1v) is 8.28. The number of carboxylic acids is 1. The molecule has 0 radical (unpaired) electrons. The van der Waals surface area contributed by atoms with E-state index in [2.05, 4.69) is 4.98 Å². The SMILES string of the molecule is O=C(O)c1nc(-c2ccccc2)oc1C1CCS(=O)(=O)C1. The predicted octanol–water partition coefficient (Wildman–Crippen LogP) is 1.94. The summed E-state index contributed by atoms with van der Waals surface area (Å²) in [6.45, 7) is 0.